The Balaban J connectivity index is 2.11. The van der Waals surface area contributed by atoms with Gasteiger partial charge in [-0.05, 0) is 12.1 Å². The number of hydrogen-bond donors (Lipinski definition) is 1. The maximum atomic E-state index is 13.4. The Labute approximate surface area is 126 Å². The first-order chi connectivity index (χ1) is 10.6. The molecule has 1 aromatic heterocycles. The van der Waals surface area contributed by atoms with Crippen molar-refractivity contribution < 1.29 is 18.7 Å². The second-order valence-electron chi connectivity index (χ2n) is 4.12. The molecule has 0 unspecified atom stereocenters. The summed E-state index contributed by atoms with van der Waals surface area (Å²) >= 11 is 0. The number of nitrogens with zero attached hydrogens (tertiary/aromatic N) is 2. The molecule has 22 heavy (non-hydrogen) atoms. The first-order valence-electron chi connectivity index (χ1n) is 6.32. The topological polar surface area (TPSA) is 73.3 Å². The van der Waals surface area contributed by atoms with E-state index >= 15 is 0 Å². The summed E-state index contributed by atoms with van der Waals surface area (Å²) in [5.74, 6) is -0.702. The van der Waals surface area contributed by atoms with Crippen molar-refractivity contribution >= 4 is 17.7 Å². The van der Waals surface area contributed by atoms with Gasteiger partial charge in [0.25, 0.3) is 0 Å². The van der Waals surface area contributed by atoms with Crippen LogP contribution in [0.1, 0.15) is 5.56 Å². The number of halogens is 1. The van der Waals surface area contributed by atoms with Crippen LogP contribution in [0.15, 0.2) is 36.5 Å². The van der Waals surface area contributed by atoms with Crippen LogP contribution in [0.5, 0.6) is 11.9 Å². The van der Waals surface area contributed by atoms with Crippen molar-refractivity contribution in [2.24, 2.45) is 0 Å². The first-order valence-corrected chi connectivity index (χ1v) is 6.32. The van der Waals surface area contributed by atoms with Crippen molar-refractivity contribution in [3.63, 3.8) is 0 Å². The van der Waals surface area contributed by atoms with E-state index in [1.165, 1.54) is 38.6 Å². The lowest BCUT2D eigenvalue weighted by atomic mass is 10.2. The Kier molecular flexibility index (Phi) is 5.02. The third-order valence-electron chi connectivity index (χ3n) is 2.68. The second kappa shape index (κ2) is 7.16. The summed E-state index contributed by atoms with van der Waals surface area (Å²) < 4.78 is 23.3. The number of aromatic nitrogens is 2. The summed E-state index contributed by atoms with van der Waals surface area (Å²) in [7, 11) is 2.83. The van der Waals surface area contributed by atoms with Crippen molar-refractivity contribution in [3.05, 3.63) is 47.9 Å². The minimum atomic E-state index is -0.463. The summed E-state index contributed by atoms with van der Waals surface area (Å²) in [5.41, 5.74) is 0.599. The monoisotopic (exact) mass is 303 g/mol. The second-order valence-corrected chi connectivity index (χ2v) is 4.12. The lowest BCUT2D eigenvalue weighted by Gasteiger charge is -2.08. The summed E-state index contributed by atoms with van der Waals surface area (Å²) in [4.78, 5) is 19.7. The average Bonchev–Trinajstić information content (AvgIpc) is 2.54. The molecule has 7 heteroatoms. The van der Waals surface area contributed by atoms with E-state index in [0.717, 1.165) is 0 Å². The van der Waals surface area contributed by atoms with Gasteiger partial charge in [0, 0.05) is 11.6 Å². The predicted molar refractivity (Wildman–Crippen MR) is 79.2 cm³/mol. The van der Waals surface area contributed by atoms with Crippen LogP contribution in [0.2, 0.25) is 0 Å². The zero-order valence-electron chi connectivity index (χ0n) is 12.0. The Morgan fingerprint density at radius 3 is 2.73 bits per heavy atom. The van der Waals surface area contributed by atoms with Crippen molar-refractivity contribution in [2.45, 2.75) is 0 Å². The molecular weight excluding hydrogens is 289 g/mol. The molecule has 0 aliphatic heterocycles. The highest BCUT2D eigenvalue weighted by molar-refractivity contribution is 6.02. The van der Waals surface area contributed by atoms with Crippen LogP contribution in [0.3, 0.4) is 0 Å². The lowest BCUT2D eigenvalue weighted by Crippen LogP contribution is -2.10. The van der Waals surface area contributed by atoms with Gasteiger partial charge in [0.15, 0.2) is 0 Å². The molecule has 1 amide bonds. The van der Waals surface area contributed by atoms with E-state index in [0.29, 0.717) is 5.56 Å². The number of hydrogen-bond acceptors (Lipinski definition) is 5. The molecule has 1 aromatic carbocycles. The smallest absolute Gasteiger partial charge is 0.319 e. The van der Waals surface area contributed by atoms with E-state index in [1.54, 1.807) is 18.2 Å². The van der Waals surface area contributed by atoms with Crippen molar-refractivity contribution in [2.75, 3.05) is 19.5 Å². The van der Waals surface area contributed by atoms with Crippen molar-refractivity contribution in [1.29, 1.82) is 0 Å². The summed E-state index contributed by atoms with van der Waals surface area (Å²) in [5, 5.41) is 2.55. The fraction of sp³-hybridized carbons (Fsp3) is 0.133. The number of ether oxygens (including phenoxy) is 2. The highest BCUT2D eigenvalue weighted by Crippen LogP contribution is 2.22. The minimum Gasteiger partial charge on any atom is -0.479 e. The molecule has 2 rings (SSSR count). The van der Waals surface area contributed by atoms with E-state index < -0.39 is 11.7 Å². The number of rotatable bonds is 5. The molecule has 0 aliphatic rings. The maximum absolute atomic E-state index is 13.4. The van der Waals surface area contributed by atoms with Gasteiger partial charge in [-0.15, -0.1) is 0 Å². The molecule has 2 aromatic rings. The van der Waals surface area contributed by atoms with Crippen LogP contribution >= 0.6 is 0 Å². The molecular formula is C15H14FN3O3. The van der Waals surface area contributed by atoms with Crippen LogP contribution in [0, 0.1) is 5.82 Å². The molecule has 114 valence electrons. The van der Waals surface area contributed by atoms with E-state index in [1.807, 2.05) is 0 Å². The normalized spacial score (nSPS) is 10.5. The molecule has 0 saturated heterocycles. The molecule has 0 aliphatic carbocycles. The summed E-state index contributed by atoms with van der Waals surface area (Å²) in [6.07, 6.45) is 3.95. The van der Waals surface area contributed by atoms with Gasteiger partial charge in [-0.3, -0.25) is 4.79 Å². The molecule has 1 heterocycles. The zero-order valence-corrected chi connectivity index (χ0v) is 12.0. The molecule has 0 atom stereocenters. The average molecular weight is 303 g/mol. The van der Waals surface area contributed by atoms with Gasteiger partial charge in [0.05, 0.1) is 20.4 Å². The molecule has 0 bridgehead atoms. The minimum absolute atomic E-state index is 0.122. The fourth-order valence-electron chi connectivity index (χ4n) is 1.64. The van der Waals surface area contributed by atoms with Gasteiger partial charge in [-0.1, -0.05) is 18.2 Å². The van der Waals surface area contributed by atoms with Gasteiger partial charge in [-0.2, -0.15) is 4.98 Å². The van der Waals surface area contributed by atoms with Crippen LogP contribution in [0.4, 0.5) is 10.1 Å². The Morgan fingerprint density at radius 1 is 1.27 bits per heavy atom. The summed E-state index contributed by atoms with van der Waals surface area (Å²) in [6.45, 7) is 0. The van der Waals surface area contributed by atoms with E-state index in [4.69, 9.17) is 9.47 Å². The van der Waals surface area contributed by atoms with E-state index in [-0.39, 0.29) is 17.6 Å². The highest BCUT2D eigenvalue weighted by atomic mass is 19.1. The number of anilines is 1. The quantitative estimate of drug-likeness (QED) is 0.858. The van der Waals surface area contributed by atoms with Crippen LogP contribution in [-0.4, -0.2) is 30.1 Å². The molecule has 0 radical (unpaired) electrons. The Morgan fingerprint density at radius 2 is 2.05 bits per heavy atom. The number of carbonyl (C=O) groups is 1. The van der Waals surface area contributed by atoms with Crippen molar-refractivity contribution in [3.8, 4) is 11.9 Å². The predicted octanol–water partition coefficient (Wildman–Crippen LogP) is 2.28. The van der Waals surface area contributed by atoms with Gasteiger partial charge in [0.1, 0.15) is 11.5 Å². The van der Waals surface area contributed by atoms with Gasteiger partial charge >= 0.3 is 6.01 Å². The van der Waals surface area contributed by atoms with Crippen molar-refractivity contribution in [1.82, 2.24) is 9.97 Å². The number of benzene rings is 1. The van der Waals surface area contributed by atoms with Crippen LogP contribution in [-0.2, 0) is 4.79 Å². The number of methoxy groups -OCH3 is 2. The van der Waals surface area contributed by atoms with Crippen LogP contribution < -0.4 is 14.8 Å². The fourth-order valence-corrected chi connectivity index (χ4v) is 1.64. The molecule has 0 spiro atoms. The lowest BCUT2D eigenvalue weighted by molar-refractivity contribution is -0.111. The number of amides is 1. The molecule has 1 N–H and O–H groups in total. The number of nitrogens with one attached hydrogen (secondary N) is 1. The van der Waals surface area contributed by atoms with Gasteiger partial charge < -0.3 is 14.8 Å². The first kappa shape index (κ1) is 15.4. The molecule has 6 nitrogen and oxygen atoms in total. The number of carbonyl (C=O) groups excluding carboxylic acids is 1. The van der Waals surface area contributed by atoms with Gasteiger partial charge in [0.2, 0.25) is 11.8 Å². The summed E-state index contributed by atoms with van der Waals surface area (Å²) in [6, 6.07) is 6.26. The SMILES string of the molecule is COc1ncc(NC(=O)/C=C/c2ccccc2F)c(OC)n1. The highest BCUT2D eigenvalue weighted by Gasteiger charge is 2.10. The van der Waals surface area contributed by atoms with Gasteiger partial charge in [-0.25, -0.2) is 9.37 Å². The van der Waals surface area contributed by atoms with E-state index in [2.05, 4.69) is 15.3 Å². The Bertz CT molecular complexity index is 704. The van der Waals surface area contributed by atoms with Crippen LogP contribution in [0.25, 0.3) is 6.08 Å². The maximum Gasteiger partial charge on any atom is 0.319 e. The third kappa shape index (κ3) is 3.78. The molecule has 0 saturated carbocycles. The molecule has 0 fully saturated rings. The largest absolute Gasteiger partial charge is 0.479 e. The third-order valence-corrected chi connectivity index (χ3v) is 2.68. The Hall–Kier alpha value is -2.96. The standard InChI is InChI=1S/C15H14FN3O3/c1-21-14-12(9-17-15(19-14)22-2)18-13(20)8-7-10-5-3-4-6-11(10)16/h3-9H,1-2H3,(H,18,20)/b8-7+. The van der Waals surface area contributed by atoms with E-state index in [9.17, 15) is 9.18 Å². The zero-order chi connectivity index (χ0) is 15.9.